The molecule has 1 aromatic heterocycles. The summed E-state index contributed by atoms with van der Waals surface area (Å²) >= 11 is 0. The molecule has 4 nitrogen and oxygen atoms in total. The van der Waals surface area contributed by atoms with Crippen molar-refractivity contribution in [3.63, 3.8) is 0 Å². The number of methoxy groups -OCH3 is 1. The van der Waals surface area contributed by atoms with Crippen molar-refractivity contribution < 1.29 is 9.84 Å². The summed E-state index contributed by atoms with van der Waals surface area (Å²) in [4.78, 5) is 0. The van der Waals surface area contributed by atoms with E-state index >= 15 is 0 Å². The van der Waals surface area contributed by atoms with E-state index in [1.807, 2.05) is 14.0 Å². The average Bonchev–Trinajstić information content (AvgIpc) is 2.55. The van der Waals surface area contributed by atoms with Crippen LogP contribution in [0.1, 0.15) is 25.5 Å². The van der Waals surface area contributed by atoms with E-state index in [0.717, 1.165) is 30.7 Å². The van der Waals surface area contributed by atoms with Crippen molar-refractivity contribution in [1.29, 1.82) is 0 Å². The third-order valence-corrected chi connectivity index (χ3v) is 2.43. The van der Waals surface area contributed by atoms with Gasteiger partial charge in [0.05, 0.1) is 25.1 Å². The van der Waals surface area contributed by atoms with E-state index in [2.05, 4.69) is 5.10 Å². The molecule has 0 spiro atoms. The standard InChI is InChI=1S/C10H18N2O2/c1-4-8(13)5-6-9-10(14-3)7-11-12(9)2/h7-8,13H,4-6H2,1-3H3. The fourth-order valence-electron chi connectivity index (χ4n) is 1.41. The van der Waals surface area contributed by atoms with E-state index in [1.54, 1.807) is 18.0 Å². The number of aliphatic hydroxyl groups is 1. The lowest BCUT2D eigenvalue weighted by Gasteiger charge is -2.08. The van der Waals surface area contributed by atoms with Crippen LogP contribution in [0.15, 0.2) is 6.20 Å². The highest BCUT2D eigenvalue weighted by molar-refractivity contribution is 5.24. The van der Waals surface area contributed by atoms with Crippen molar-refractivity contribution in [3.05, 3.63) is 11.9 Å². The zero-order valence-corrected chi connectivity index (χ0v) is 9.03. The Hall–Kier alpha value is -1.03. The number of ether oxygens (including phenoxy) is 1. The number of rotatable bonds is 5. The zero-order chi connectivity index (χ0) is 10.6. The molecule has 0 aliphatic rings. The second-order valence-electron chi connectivity index (χ2n) is 3.38. The van der Waals surface area contributed by atoms with E-state index in [0.29, 0.717) is 0 Å². The molecule has 0 saturated heterocycles. The normalized spacial score (nSPS) is 12.9. The summed E-state index contributed by atoms with van der Waals surface area (Å²) in [6.07, 6.45) is 3.82. The summed E-state index contributed by atoms with van der Waals surface area (Å²) in [7, 11) is 3.52. The molecule has 4 heteroatoms. The van der Waals surface area contributed by atoms with Crippen molar-refractivity contribution >= 4 is 0 Å². The topological polar surface area (TPSA) is 47.3 Å². The molecule has 0 fully saturated rings. The van der Waals surface area contributed by atoms with E-state index in [9.17, 15) is 5.11 Å². The van der Waals surface area contributed by atoms with Crippen LogP contribution in [0.2, 0.25) is 0 Å². The molecule has 0 bridgehead atoms. The molecular weight excluding hydrogens is 180 g/mol. The summed E-state index contributed by atoms with van der Waals surface area (Å²) < 4.78 is 6.96. The van der Waals surface area contributed by atoms with E-state index in [4.69, 9.17) is 4.74 Å². The van der Waals surface area contributed by atoms with Gasteiger partial charge in [-0.25, -0.2) is 0 Å². The molecule has 1 N–H and O–H groups in total. The Kier molecular flexibility index (Phi) is 3.95. The van der Waals surface area contributed by atoms with Crippen LogP contribution in [0.3, 0.4) is 0 Å². The number of aliphatic hydroxyl groups excluding tert-OH is 1. The highest BCUT2D eigenvalue weighted by atomic mass is 16.5. The molecule has 1 heterocycles. The summed E-state index contributed by atoms with van der Waals surface area (Å²) in [5.74, 6) is 0.802. The minimum atomic E-state index is -0.227. The molecule has 0 radical (unpaired) electrons. The maximum absolute atomic E-state index is 9.44. The quantitative estimate of drug-likeness (QED) is 0.771. The van der Waals surface area contributed by atoms with Crippen molar-refractivity contribution in [2.24, 2.45) is 7.05 Å². The van der Waals surface area contributed by atoms with Crippen molar-refractivity contribution in [1.82, 2.24) is 9.78 Å². The van der Waals surface area contributed by atoms with Crippen LogP contribution >= 0.6 is 0 Å². The third kappa shape index (κ3) is 2.48. The number of aromatic nitrogens is 2. The number of hydrogen-bond acceptors (Lipinski definition) is 3. The van der Waals surface area contributed by atoms with Crippen LogP contribution in [0, 0.1) is 0 Å². The Morgan fingerprint density at radius 3 is 2.93 bits per heavy atom. The first-order valence-electron chi connectivity index (χ1n) is 4.92. The zero-order valence-electron chi connectivity index (χ0n) is 9.03. The SMILES string of the molecule is CCC(O)CCc1c(OC)cnn1C. The number of hydrogen-bond donors (Lipinski definition) is 1. The highest BCUT2D eigenvalue weighted by Gasteiger charge is 2.10. The van der Waals surface area contributed by atoms with Crippen LogP contribution in [0.5, 0.6) is 5.75 Å². The van der Waals surface area contributed by atoms with Crippen molar-refractivity contribution in [3.8, 4) is 5.75 Å². The molecule has 0 aliphatic carbocycles. The van der Waals surface area contributed by atoms with E-state index < -0.39 is 0 Å². The van der Waals surface area contributed by atoms with Gasteiger partial charge in [0.25, 0.3) is 0 Å². The van der Waals surface area contributed by atoms with Crippen molar-refractivity contribution in [2.75, 3.05) is 7.11 Å². The van der Waals surface area contributed by atoms with Gasteiger partial charge in [0, 0.05) is 7.05 Å². The molecule has 14 heavy (non-hydrogen) atoms. The molecule has 80 valence electrons. The molecule has 0 amide bonds. The summed E-state index contributed by atoms with van der Waals surface area (Å²) in [5.41, 5.74) is 1.04. The van der Waals surface area contributed by atoms with Gasteiger partial charge in [0.15, 0.2) is 5.75 Å². The molecular formula is C10H18N2O2. The van der Waals surface area contributed by atoms with Gasteiger partial charge in [-0.1, -0.05) is 6.92 Å². The summed E-state index contributed by atoms with van der Waals surface area (Å²) in [6, 6.07) is 0. The second-order valence-corrected chi connectivity index (χ2v) is 3.38. The first-order chi connectivity index (χ1) is 6.69. The van der Waals surface area contributed by atoms with Crippen molar-refractivity contribution in [2.45, 2.75) is 32.3 Å². The lowest BCUT2D eigenvalue weighted by atomic mass is 10.1. The maximum Gasteiger partial charge on any atom is 0.159 e. The van der Waals surface area contributed by atoms with Gasteiger partial charge in [-0.05, 0) is 19.3 Å². The van der Waals surface area contributed by atoms with Crippen LogP contribution < -0.4 is 4.74 Å². The Morgan fingerprint density at radius 2 is 2.36 bits per heavy atom. The molecule has 1 aromatic rings. The predicted molar refractivity (Wildman–Crippen MR) is 54.4 cm³/mol. The van der Waals surface area contributed by atoms with E-state index in [1.165, 1.54) is 0 Å². The monoisotopic (exact) mass is 198 g/mol. The van der Waals surface area contributed by atoms with Gasteiger partial charge >= 0.3 is 0 Å². The lowest BCUT2D eigenvalue weighted by molar-refractivity contribution is 0.159. The number of aryl methyl sites for hydroxylation is 1. The van der Waals surface area contributed by atoms with Gasteiger partial charge in [0.1, 0.15) is 0 Å². The highest BCUT2D eigenvalue weighted by Crippen LogP contribution is 2.18. The summed E-state index contributed by atoms with van der Waals surface area (Å²) in [5, 5.41) is 13.5. The van der Waals surface area contributed by atoms with Gasteiger partial charge in [-0.3, -0.25) is 4.68 Å². The van der Waals surface area contributed by atoms with Crippen LogP contribution in [-0.2, 0) is 13.5 Å². The average molecular weight is 198 g/mol. The second kappa shape index (κ2) is 5.00. The van der Waals surface area contributed by atoms with Gasteiger partial charge < -0.3 is 9.84 Å². The fourth-order valence-corrected chi connectivity index (χ4v) is 1.41. The molecule has 0 saturated carbocycles. The largest absolute Gasteiger partial charge is 0.493 e. The smallest absolute Gasteiger partial charge is 0.159 e. The van der Waals surface area contributed by atoms with Gasteiger partial charge in [-0.2, -0.15) is 5.10 Å². The maximum atomic E-state index is 9.44. The first kappa shape index (κ1) is 11.0. The Labute approximate surface area is 84.5 Å². The number of nitrogens with zero attached hydrogens (tertiary/aromatic N) is 2. The van der Waals surface area contributed by atoms with Crippen LogP contribution in [0.4, 0.5) is 0 Å². The molecule has 0 aliphatic heterocycles. The molecule has 1 atom stereocenters. The van der Waals surface area contributed by atoms with Crippen LogP contribution in [-0.4, -0.2) is 28.1 Å². The predicted octanol–water partition coefficient (Wildman–Crippen LogP) is 1.13. The van der Waals surface area contributed by atoms with E-state index in [-0.39, 0.29) is 6.10 Å². The Morgan fingerprint density at radius 1 is 1.64 bits per heavy atom. The third-order valence-electron chi connectivity index (χ3n) is 2.43. The van der Waals surface area contributed by atoms with Gasteiger partial charge in [-0.15, -0.1) is 0 Å². The Bertz CT molecular complexity index is 284. The molecule has 1 rings (SSSR count). The minimum absolute atomic E-state index is 0.227. The first-order valence-corrected chi connectivity index (χ1v) is 4.92. The Balaban J connectivity index is 2.60. The fraction of sp³-hybridized carbons (Fsp3) is 0.700. The summed E-state index contributed by atoms with van der Waals surface area (Å²) in [6.45, 7) is 1.98. The molecule has 0 aromatic carbocycles. The van der Waals surface area contributed by atoms with Crippen LogP contribution in [0.25, 0.3) is 0 Å². The lowest BCUT2D eigenvalue weighted by Crippen LogP contribution is -2.08. The minimum Gasteiger partial charge on any atom is -0.493 e. The molecule has 1 unspecified atom stereocenters. The van der Waals surface area contributed by atoms with Gasteiger partial charge in [0.2, 0.25) is 0 Å².